The number of anilines is 2. The van der Waals surface area contributed by atoms with Gasteiger partial charge >= 0.3 is 0 Å². The maximum Gasteiger partial charge on any atom is 0.163 e. The Bertz CT molecular complexity index is 946. The molecule has 0 amide bonds. The van der Waals surface area contributed by atoms with Crippen molar-refractivity contribution in [2.75, 3.05) is 32.2 Å². The number of hydrogen-bond acceptors (Lipinski definition) is 6. The van der Waals surface area contributed by atoms with Crippen LogP contribution in [-0.4, -0.2) is 36.9 Å². The molecule has 0 saturated heterocycles. The second-order valence-electron chi connectivity index (χ2n) is 5.48. The van der Waals surface area contributed by atoms with E-state index in [-0.39, 0.29) is 49.4 Å². The molecule has 0 aliphatic heterocycles. The number of nitrogens with one attached hydrogen (secondary N) is 1. The molecule has 3 aromatic rings. The molecule has 0 aliphatic carbocycles. The number of benzene rings is 2. The first-order chi connectivity index (χ1) is 13.1. The Labute approximate surface area is 197 Å². The van der Waals surface area contributed by atoms with E-state index in [1.54, 1.807) is 25.3 Å². The summed E-state index contributed by atoms with van der Waals surface area (Å²) < 4.78 is 29.7. The summed E-state index contributed by atoms with van der Waals surface area (Å²) in [6.45, 7) is 4.76. The molecular formula is C19H18ClFHoN3O3-. The third-order valence-corrected chi connectivity index (χ3v) is 3.98. The summed E-state index contributed by atoms with van der Waals surface area (Å²) in [6.07, 6.45) is 1.43. The number of ether oxygens (including phenoxy) is 3. The van der Waals surface area contributed by atoms with E-state index in [1.165, 1.54) is 18.5 Å². The Kier molecular flexibility index (Phi) is 8.98. The van der Waals surface area contributed by atoms with Crippen LogP contribution in [0, 0.1) is 50.5 Å². The van der Waals surface area contributed by atoms with Crippen molar-refractivity contribution in [3.05, 3.63) is 54.4 Å². The number of methoxy groups -OCH3 is 1. The van der Waals surface area contributed by atoms with Crippen molar-refractivity contribution in [1.82, 2.24) is 9.97 Å². The van der Waals surface area contributed by atoms with Crippen LogP contribution in [0.2, 0.25) is 5.02 Å². The number of fused-ring (bicyclic) bond motifs is 1. The van der Waals surface area contributed by atoms with Gasteiger partial charge in [-0.1, -0.05) is 11.6 Å². The van der Waals surface area contributed by atoms with Crippen LogP contribution in [0.1, 0.15) is 0 Å². The summed E-state index contributed by atoms with van der Waals surface area (Å²) in [4.78, 5) is 8.56. The van der Waals surface area contributed by atoms with Crippen LogP contribution in [0.25, 0.3) is 10.9 Å². The Morgan fingerprint density at radius 1 is 1.11 bits per heavy atom. The van der Waals surface area contributed by atoms with Gasteiger partial charge in [0.05, 0.1) is 17.1 Å². The second-order valence-corrected chi connectivity index (χ2v) is 5.89. The Hall–Kier alpha value is -1.38. The molecule has 9 heteroatoms. The molecule has 1 N–H and O–H groups in total. The zero-order valence-electron chi connectivity index (χ0n) is 15.0. The fraction of sp³-hybridized carbons (Fsp3) is 0.211. The fourth-order valence-corrected chi connectivity index (χ4v) is 2.63. The largest absolute Gasteiger partial charge is 0.522 e. The predicted molar refractivity (Wildman–Crippen MR) is 102 cm³/mol. The molecule has 2 aromatic carbocycles. The van der Waals surface area contributed by atoms with Gasteiger partial charge < -0.3 is 26.5 Å². The van der Waals surface area contributed by atoms with Crippen LogP contribution in [0.15, 0.2) is 36.7 Å². The second kappa shape index (κ2) is 11.0. The maximum atomic E-state index is 13.4. The van der Waals surface area contributed by atoms with E-state index in [0.29, 0.717) is 47.1 Å². The fourth-order valence-electron chi connectivity index (χ4n) is 2.44. The molecule has 1 heterocycles. The molecule has 6 nitrogen and oxygen atoms in total. The van der Waals surface area contributed by atoms with Crippen molar-refractivity contribution < 1.29 is 56.3 Å². The first kappa shape index (κ1) is 22.9. The minimum absolute atomic E-state index is 0. The van der Waals surface area contributed by atoms with Crippen molar-refractivity contribution in [1.29, 1.82) is 0 Å². The summed E-state index contributed by atoms with van der Waals surface area (Å²) in [5.41, 5.74) is 1.26. The summed E-state index contributed by atoms with van der Waals surface area (Å²) in [7, 11) is 1.60. The van der Waals surface area contributed by atoms with Gasteiger partial charge in [0, 0.05) is 62.0 Å². The monoisotopic (exact) mass is 555 g/mol. The minimum atomic E-state index is -0.487. The van der Waals surface area contributed by atoms with Gasteiger partial charge in [0.15, 0.2) is 11.5 Å². The molecule has 0 saturated carbocycles. The van der Waals surface area contributed by atoms with Gasteiger partial charge in [-0.05, 0) is 30.9 Å². The van der Waals surface area contributed by atoms with E-state index in [1.807, 2.05) is 0 Å². The first-order valence-corrected chi connectivity index (χ1v) is 8.54. The molecule has 28 heavy (non-hydrogen) atoms. The number of rotatable bonds is 8. The van der Waals surface area contributed by atoms with Crippen molar-refractivity contribution >= 4 is 34.0 Å². The zero-order chi connectivity index (χ0) is 19.2. The molecule has 1 radical (unpaired) electrons. The average Bonchev–Trinajstić information content (AvgIpc) is 2.66. The Morgan fingerprint density at radius 3 is 2.61 bits per heavy atom. The molecular weight excluding hydrogens is 538 g/mol. The molecule has 1 aromatic heterocycles. The molecule has 153 valence electrons. The number of halogens is 2. The summed E-state index contributed by atoms with van der Waals surface area (Å²) in [6, 6.07) is 7.88. The maximum absolute atomic E-state index is 13.4. The van der Waals surface area contributed by atoms with Crippen LogP contribution in [0.4, 0.5) is 15.9 Å². The van der Waals surface area contributed by atoms with E-state index < -0.39 is 5.82 Å². The van der Waals surface area contributed by atoms with Gasteiger partial charge in [0.25, 0.3) is 0 Å². The van der Waals surface area contributed by atoms with Crippen molar-refractivity contribution in [3.8, 4) is 11.5 Å². The normalized spacial score (nSPS) is 10.4. The molecule has 0 bridgehead atoms. The smallest absolute Gasteiger partial charge is 0.163 e. The van der Waals surface area contributed by atoms with Gasteiger partial charge in [-0.15, -0.1) is 0 Å². The summed E-state index contributed by atoms with van der Waals surface area (Å²) >= 11 is 5.84. The van der Waals surface area contributed by atoms with Crippen molar-refractivity contribution in [2.45, 2.75) is 0 Å². The van der Waals surface area contributed by atoms with Crippen molar-refractivity contribution in [2.24, 2.45) is 0 Å². The van der Waals surface area contributed by atoms with Gasteiger partial charge in [0.2, 0.25) is 0 Å². The molecule has 0 aliphatic rings. The zero-order valence-corrected chi connectivity index (χ0v) is 17.7. The number of aromatic nitrogens is 2. The van der Waals surface area contributed by atoms with E-state index in [9.17, 15) is 4.39 Å². The molecule has 0 unspecified atom stereocenters. The van der Waals surface area contributed by atoms with E-state index in [0.717, 1.165) is 0 Å². The van der Waals surface area contributed by atoms with Crippen molar-refractivity contribution in [3.63, 3.8) is 0 Å². The third kappa shape index (κ3) is 5.58. The van der Waals surface area contributed by atoms with E-state index in [4.69, 9.17) is 25.8 Å². The van der Waals surface area contributed by atoms with Crippen LogP contribution in [0.5, 0.6) is 11.5 Å². The summed E-state index contributed by atoms with van der Waals surface area (Å²) in [5, 5.41) is 3.85. The predicted octanol–water partition coefficient (Wildman–Crippen LogP) is 4.40. The van der Waals surface area contributed by atoms with Gasteiger partial charge in [-0.2, -0.15) is 0 Å². The minimum Gasteiger partial charge on any atom is -0.522 e. The Morgan fingerprint density at radius 2 is 1.89 bits per heavy atom. The molecule has 0 spiro atoms. The van der Waals surface area contributed by atoms with E-state index in [2.05, 4.69) is 22.2 Å². The first-order valence-electron chi connectivity index (χ1n) is 8.17. The SMILES string of the molecule is [CH2-]COc1cc2c(Nc3ccc(F)c(Cl)c3)ncnc2cc1OCCOC.[Ho]. The van der Waals surface area contributed by atoms with Crippen LogP contribution in [-0.2, 0) is 4.74 Å². The van der Waals surface area contributed by atoms with Crippen LogP contribution in [0.3, 0.4) is 0 Å². The standard InChI is InChI=1S/C19H18ClFN3O3.Ho/c1-3-26-17-9-13-16(10-18(17)27-7-6-25-2)22-11-23-19(13)24-12-4-5-15(21)14(20)8-12;/h4-5,8-11H,1,3,6-7H2,2H3,(H,22,23,24);/q-1;. The summed E-state index contributed by atoms with van der Waals surface area (Å²) in [5.74, 6) is 1.10. The topological polar surface area (TPSA) is 65.5 Å². The molecule has 0 atom stereocenters. The van der Waals surface area contributed by atoms with Crippen LogP contribution >= 0.6 is 11.6 Å². The van der Waals surface area contributed by atoms with Gasteiger partial charge in [-0.25, -0.2) is 14.4 Å². The number of hydrogen-bond donors (Lipinski definition) is 1. The Balaban J connectivity index is 0.00000280. The van der Waals surface area contributed by atoms with Crippen LogP contribution < -0.4 is 14.8 Å². The van der Waals surface area contributed by atoms with Gasteiger partial charge in [0.1, 0.15) is 24.6 Å². The average molecular weight is 556 g/mol. The van der Waals surface area contributed by atoms with E-state index >= 15 is 0 Å². The third-order valence-electron chi connectivity index (χ3n) is 3.69. The molecule has 3 rings (SSSR count). The van der Waals surface area contributed by atoms with Gasteiger partial charge in [-0.3, -0.25) is 0 Å². The number of nitrogens with zero attached hydrogens (tertiary/aromatic N) is 2. The molecule has 0 fully saturated rings. The quantitative estimate of drug-likeness (QED) is 0.253.